The van der Waals surface area contributed by atoms with E-state index in [0.29, 0.717) is 12.5 Å². The summed E-state index contributed by atoms with van der Waals surface area (Å²) in [5.74, 6) is 0.691. The lowest BCUT2D eigenvalue weighted by atomic mass is 9.93. The van der Waals surface area contributed by atoms with Gasteiger partial charge in [-0.25, -0.2) is 0 Å². The van der Waals surface area contributed by atoms with E-state index in [-0.39, 0.29) is 17.5 Å². The van der Waals surface area contributed by atoms with Crippen molar-refractivity contribution in [3.63, 3.8) is 0 Å². The van der Waals surface area contributed by atoms with Gasteiger partial charge in [-0.05, 0) is 32.7 Å². The van der Waals surface area contributed by atoms with Crippen molar-refractivity contribution in [2.24, 2.45) is 11.7 Å². The van der Waals surface area contributed by atoms with Crippen LogP contribution in [0.25, 0.3) is 0 Å². The third kappa shape index (κ3) is 2.95. The molecule has 1 rings (SSSR count). The first-order chi connectivity index (χ1) is 7.38. The number of piperazine rings is 1. The summed E-state index contributed by atoms with van der Waals surface area (Å²) in [4.78, 5) is 14.2. The Kier molecular flexibility index (Phi) is 4.33. The Labute approximate surface area is 98.6 Å². The summed E-state index contributed by atoms with van der Waals surface area (Å²) in [6, 6.07) is -0.0591. The van der Waals surface area contributed by atoms with Crippen molar-refractivity contribution >= 4 is 5.91 Å². The summed E-state index contributed by atoms with van der Waals surface area (Å²) in [5.41, 5.74) is 5.62. The highest BCUT2D eigenvalue weighted by Crippen LogP contribution is 2.24. The molecule has 0 aliphatic carbocycles. The fourth-order valence-electron chi connectivity index (χ4n) is 2.30. The number of rotatable bonds is 4. The summed E-state index contributed by atoms with van der Waals surface area (Å²) >= 11 is 0. The van der Waals surface area contributed by atoms with Gasteiger partial charge < -0.3 is 11.1 Å². The molecular weight excluding hydrogens is 202 g/mol. The van der Waals surface area contributed by atoms with Crippen LogP contribution in [0, 0.1) is 5.92 Å². The predicted molar refractivity (Wildman–Crippen MR) is 66.1 cm³/mol. The van der Waals surface area contributed by atoms with Crippen LogP contribution >= 0.6 is 0 Å². The second kappa shape index (κ2) is 5.15. The first-order valence-corrected chi connectivity index (χ1v) is 6.13. The van der Waals surface area contributed by atoms with Crippen LogP contribution in [-0.4, -0.2) is 42.0 Å². The summed E-state index contributed by atoms with van der Waals surface area (Å²) in [6.45, 7) is 11.0. The van der Waals surface area contributed by atoms with E-state index >= 15 is 0 Å². The SMILES string of the molecule is CC(C)CN1C(CCN)C(=O)NCC1(C)C. The molecule has 0 aromatic rings. The molecular formula is C12H25N3O. The van der Waals surface area contributed by atoms with Gasteiger partial charge in [-0.3, -0.25) is 9.69 Å². The van der Waals surface area contributed by atoms with Crippen molar-refractivity contribution in [1.29, 1.82) is 0 Å². The number of carbonyl (C=O) groups is 1. The molecule has 0 saturated carbocycles. The zero-order valence-corrected chi connectivity index (χ0v) is 10.9. The highest BCUT2D eigenvalue weighted by molar-refractivity contribution is 5.82. The maximum atomic E-state index is 11.9. The normalized spacial score (nSPS) is 25.9. The standard InChI is InChI=1S/C12H25N3O/c1-9(2)7-15-10(5-6-13)11(16)14-8-12(15,3)4/h9-10H,5-8,13H2,1-4H3,(H,14,16). The van der Waals surface area contributed by atoms with Crippen LogP contribution in [0.3, 0.4) is 0 Å². The van der Waals surface area contributed by atoms with Crippen LogP contribution < -0.4 is 11.1 Å². The fourth-order valence-corrected chi connectivity index (χ4v) is 2.30. The molecule has 1 atom stereocenters. The Morgan fingerprint density at radius 2 is 2.19 bits per heavy atom. The molecule has 1 aliphatic heterocycles. The Morgan fingerprint density at radius 3 is 2.69 bits per heavy atom. The van der Waals surface area contributed by atoms with Crippen LogP contribution in [0.1, 0.15) is 34.1 Å². The van der Waals surface area contributed by atoms with Crippen LogP contribution in [-0.2, 0) is 4.79 Å². The van der Waals surface area contributed by atoms with E-state index in [4.69, 9.17) is 5.73 Å². The van der Waals surface area contributed by atoms with Gasteiger partial charge in [0.25, 0.3) is 0 Å². The summed E-state index contributed by atoms with van der Waals surface area (Å²) in [7, 11) is 0. The van der Waals surface area contributed by atoms with E-state index in [9.17, 15) is 4.79 Å². The average molecular weight is 227 g/mol. The Balaban J connectivity index is 2.84. The van der Waals surface area contributed by atoms with Crippen LogP contribution in [0.2, 0.25) is 0 Å². The molecule has 1 fully saturated rings. The first-order valence-electron chi connectivity index (χ1n) is 6.13. The van der Waals surface area contributed by atoms with E-state index in [1.54, 1.807) is 0 Å². The quantitative estimate of drug-likeness (QED) is 0.738. The van der Waals surface area contributed by atoms with Gasteiger partial charge in [0, 0.05) is 18.6 Å². The lowest BCUT2D eigenvalue weighted by Crippen LogP contribution is -2.66. The average Bonchev–Trinajstić information content (AvgIpc) is 2.17. The van der Waals surface area contributed by atoms with Gasteiger partial charge in [-0.1, -0.05) is 13.8 Å². The molecule has 1 heterocycles. The van der Waals surface area contributed by atoms with Gasteiger partial charge in [-0.2, -0.15) is 0 Å². The minimum absolute atomic E-state index is 0.0258. The van der Waals surface area contributed by atoms with Crippen molar-refractivity contribution in [3.8, 4) is 0 Å². The molecule has 0 radical (unpaired) electrons. The molecule has 4 heteroatoms. The topological polar surface area (TPSA) is 58.4 Å². The molecule has 0 bridgehead atoms. The lowest BCUT2D eigenvalue weighted by molar-refractivity contribution is -0.135. The molecule has 1 unspecified atom stereocenters. The number of carbonyl (C=O) groups excluding carboxylic acids is 1. The fraction of sp³-hybridized carbons (Fsp3) is 0.917. The largest absolute Gasteiger partial charge is 0.353 e. The van der Waals surface area contributed by atoms with E-state index in [1.807, 2.05) is 0 Å². The summed E-state index contributed by atoms with van der Waals surface area (Å²) in [5, 5.41) is 2.97. The maximum absolute atomic E-state index is 11.9. The second-order valence-corrected chi connectivity index (χ2v) is 5.67. The Bertz CT molecular complexity index is 251. The first kappa shape index (κ1) is 13.5. The molecule has 1 aliphatic rings. The number of nitrogens with two attached hydrogens (primary N) is 1. The van der Waals surface area contributed by atoms with Crippen molar-refractivity contribution in [1.82, 2.24) is 10.2 Å². The monoisotopic (exact) mass is 227 g/mol. The van der Waals surface area contributed by atoms with Crippen molar-refractivity contribution in [3.05, 3.63) is 0 Å². The minimum Gasteiger partial charge on any atom is -0.353 e. The smallest absolute Gasteiger partial charge is 0.237 e. The van der Waals surface area contributed by atoms with Gasteiger partial charge in [0.05, 0.1) is 6.04 Å². The van der Waals surface area contributed by atoms with Crippen LogP contribution in [0.5, 0.6) is 0 Å². The third-order valence-electron chi connectivity index (χ3n) is 3.15. The number of hydrogen-bond acceptors (Lipinski definition) is 3. The second-order valence-electron chi connectivity index (χ2n) is 5.67. The number of hydrogen-bond donors (Lipinski definition) is 2. The van der Waals surface area contributed by atoms with Crippen LogP contribution in [0.4, 0.5) is 0 Å². The molecule has 94 valence electrons. The molecule has 4 nitrogen and oxygen atoms in total. The van der Waals surface area contributed by atoms with E-state index < -0.39 is 0 Å². The third-order valence-corrected chi connectivity index (χ3v) is 3.15. The number of amides is 1. The highest BCUT2D eigenvalue weighted by atomic mass is 16.2. The molecule has 0 aromatic carbocycles. The van der Waals surface area contributed by atoms with Crippen LogP contribution in [0.15, 0.2) is 0 Å². The summed E-state index contributed by atoms with van der Waals surface area (Å²) < 4.78 is 0. The molecule has 1 amide bonds. The zero-order chi connectivity index (χ0) is 12.3. The van der Waals surface area contributed by atoms with Gasteiger partial charge in [0.1, 0.15) is 0 Å². The molecule has 0 aromatic heterocycles. The summed E-state index contributed by atoms with van der Waals surface area (Å²) in [6.07, 6.45) is 0.738. The number of nitrogens with zero attached hydrogens (tertiary/aromatic N) is 1. The minimum atomic E-state index is -0.0591. The van der Waals surface area contributed by atoms with E-state index in [2.05, 4.69) is 37.9 Å². The molecule has 1 saturated heterocycles. The van der Waals surface area contributed by atoms with Crippen molar-refractivity contribution in [2.45, 2.75) is 45.7 Å². The van der Waals surface area contributed by atoms with E-state index in [1.165, 1.54) is 0 Å². The number of nitrogens with one attached hydrogen (secondary N) is 1. The van der Waals surface area contributed by atoms with Crippen molar-refractivity contribution in [2.75, 3.05) is 19.6 Å². The molecule has 3 N–H and O–H groups in total. The maximum Gasteiger partial charge on any atom is 0.237 e. The Hall–Kier alpha value is -0.610. The van der Waals surface area contributed by atoms with E-state index in [0.717, 1.165) is 19.5 Å². The van der Waals surface area contributed by atoms with Gasteiger partial charge in [-0.15, -0.1) is 0 Å². The van der Waals surface area contributed by atoms with Gasteiger partial charge >= 0.3 is 0 Å². The zero-order valence-electron chi connectivity index (χ0n) is 10.9. The highest BCUT2D eigenvalue weighted by Gasteiger charge is 2.40. The predicted octanol–water partition coefficient (Wildman–Crippen LogP) is 0.570. The Morgan fingerprint density at radius 1 is 1.56 bits per heavy atom. The molecule has 16 heavy (non-hydrogen) atoms. The molecule has 0 spiro atoms. The van der Waals surface area contributed by atoms with Gasteiger partial charge in [0.15, 0.2) is 0 Å². The lowest BCUT2D eigenvalue weighted by Gasteiger charge is -2.48. The van der Waals surface area contributed by atoms with Crippen molar-refractivity contribution < 1.29 is 4.79 Å². The van der Waals surface area contributed by atoms with Gasteiger partial charge in [0.2, 0.25) is 5.91 Å².